The molecule has 1 aromatic heterocycles. The molecule has 0 aromatic carbocycles. The Kier molecular flexibility index (Phi) is 3.26. The second-order valence-corrected chi connectivity index (χ2v) is 5.58. The molecule has 1 aromatic rings. The summed E-state index contributed by atoms with van der Waals surface area (Å²) in [6, 6.07) is 0.839. The van der Waals surface area contributed by atoms with Gasteiger partial charge in [0.1, 0.15) is 5.60 Å². The van der Waals surface area contributed by atoms with Crippen molar-refractivity contribution < 1.29 is 19.4 Å². The number of rotatable bonds is 1. The second-order valence-electron chi connectivity index (χ2n) is 5.58. The molecule has 19 heavy (non-hydrogen) atoms. The van der Waals surface area contributed by atoms with Crippen molar-refractivity contribution in [1.82, 2.24) is 9.88 Å². The number of aromatic nitrogens is 1. The first-order valence-electron chi connectivity index (χ1n) is 6.18. The summed E-state index contributed by atoms with van der Waals surface area (Å²) in [4.78, 5) is 27.7. The van der Waals surface area contributed by atoms with Gasteiger partial charge in [0.2, 0.25) is 0 Å². The highest BCUT2D eigenvalue weighted by molar-refractivity contribution is 5.82. The first kappa shape index (κ1) is 13.5. The van der Waals surface area contributed by atoms with Crippen LogP contribution >= 0.6 is 0 Å². The van der Waals surface area contributed by atoms with Crippen LogP contribution in [-0.2, 0) is 16.0 Å². The van der Waals surface area contributed by atoms with Crippen molar-refractivity contribution >= 4 is 12.1 Å². The number of ether oxygens (including phenoxy) is 1. The Hall–Kier alpha value is -1.98. The molecule has 1 atom stereocenters. The molecular formula is C13H18N2O4. The third-order valence-electron chi connectivity index (χ3n) is 2.94. The van der Waals surface area contributed by atoms with Gasteiger partial charge in [-0.1, -0.05) is 0 Å². The first-order chi connectivity index (χ1) is 8.79. The minimum absolute atomic E-state index is 0.344. The van der Waals surface area contributed by atoms with E-state index < -0.39 is 23.7 Å². The van der Waals surface area contributed by atoms with Gasteiger partial charge in [-0.25, -0.2) is 9.59 Å². The largest absolute Gasteiger partial charge is 0.479 e. The van der Waals surface area contributed by atoms with E-state index in [1.54, 1.807) is 27.0 Å². The van der Waals surface area contributed by atoms with Crippen LogP contribution in [0.1, 0.15) is 38.1 Å². The van der Waals surface area contributed by atoms with Gasteiger partial charge >= 0.3 is 12.1 Å². The molecule has 1 aliphatic heterocycles. The maximum Gasteiger partial charge on any atom is 0.411 e. The van der Waals surface area contributed by atoms with E-state index in [9.17, 15) is 14.7 Å². The predicted molar refractivity (Wildman–Crippen MR) is 67.8 cm³/mol. The number of aromatic amines is 1. The minimum Gasteiger partial charge on any atom is -0.479 e. The smallest absolute Gasteiger partial charge is 0.411 e. The Balaban J connectivity index is 2.27. The van der Waals surface area contributed by atoms with Gasteiger partial charge in [0.15, 0.2) is 6.04 Å². The summed E-state index contributed by atoms with van der Waals surface area (Å²) >= 11 is 0. The van der Waals surface area contributed by atoms with Gasteiger partial charge in [0.05, 0.1) is 5.69 Å². The molecule has 0 saturated heterocycles. The Morgan fingerprint density at radius 3 is 2.74 bits per heavy atom. The molecule has 2 N–H and O–H groups in total. The molecule has 104 valence electrons. The molecule has 2 rings (SSSR count). The molecule has 6 heteroatoms. The fourth-order valence-electron chi connectivity index (χ4n) is 2.19. The summed E-state index contributed by atoms with van der Waals surface area (Å²) in [7, 11) is 0. The number of aliphatic carboxylic acids is 1. The van der Waals surface area contributed by atoms with Crippen LogP contribution in [0.5, 0.6) is 0 Å². The van der Waals surface area contributed by atoms with Gasteiger partial charge in [0, 0.05) is 12.7 Å². The molecule has 6 nitrogen and oxygen atoms in total. The number of nitrogens with zero attached hydrogens (tertiary/aromatic N) is 1. The molecule has 1 amide bonds. The fourth-order valence-corrected chi connectivity index (χ4v) is 2.19. The monoisotopic (exact) mass is 266 g/mol. The van der Waals surface area contributed by atoms with Gasteiger partial charge in [-0.05, 0) is 38.8 Å². The number of hydrogen-bond acceptors (Lipinski definition) is 3. The van der Waals surface area contributed by atoms with Crippen molar-refractivity contribution in [2.75, 3.05) is 6.54 Å². The van der Waals surface area contributed by atoms with Crippen LogP contribution in [-0.4, -0.2) is 39.2 Å². The average Bonchev–Trinajstić information content (AvgIpc) is 2.72. The van der Waals surface area contributed by atoms with Crippen LogP contribution in [0.3, 0.4) is 0 Å². The van der Waals surface area contributed by atoms with Crippen LogP contribution in [0.2, 0.25) is 0 Å². The van der Waals surface area contributed by atoms with Crippen LogP contribution in [0, 0.1) is 0 Å². The zero-order valence-corrected chi connectivity index (χ0v) is 11.3. The van der Waals surface area contributed by atoms with E-state index in [1.807, 2.05) is 6.07 Å². The van der Waals surface area contributed by atoms with Crippen molar-refractivity contribution in [3.05, 3.63) is 23.5 Å². The lowest BCUT2D eigenvalue weighted by Gasteiger charge is -2.34. The third-order valence-corrected chi connectivity index (χ3v) is 2.94. The van der Waals surface area contributed by atoms with E-state index in [4.69, 9.17) is 4.74 Å². The molecule has 1 aliphatic rings. The van der Waals surface area contributed by atoms with Crippen molar-refractivity contribution in [3.63, 3.8) is 0 Å². The van der Waals surface area contributed by atoms with Crippen molar-refractivity contribution in [2.45, 2.75) is 38.8 Å². The highest BCUT2D eigenvalue weighted by atomic mass is 16.6. The molecule has 0 bridgehead atoms. The van der Waals surface area contributed by atoms with E-state index in [-0.39, 0.29) is 0 Å². The van der Waals surface area contributed by atoms with Gasteiger partial charge < -0.3 is 14.8 Å². The van der Waals surface area contributed by atoms with Crippen LogP contribution < -0.4 is 0 Å². The SMILES string of the molecule is CC(C)(C)OC(=O)N1CCc2cc[nH]c2C1C(=O)O. The average molecular weight is 266 g/mol. The number of carbonyl (C=O) groups excluding carboxylic acids is 1. The number of H-pyrrole nitrogens is 1. The fraction of sp³-hybridized carbons (Fsp3) is 0.538. The molecule has 0 radical (unpaired) electrons. The Morgan fingerprint density at radius 2 is 2.16 bits per heavy atom. The Morgan fingerprint density at radius 1 is 1.47 bits per heavy atom. The highest BCUT2D eigenvalue weighted by Gasteiger charge is 2.38. The van der Waals surface area contributed by atoms with E-state index in [0.29, 0.717) is 18.7 Å². The first-order valence-corrected chi connectivity index (χ1v) is 6.18. The predicted octanol–water partition coefficient (Wildman–Crippen LogP) is 1.93. The molecule has 1 unspecified atom stereocenters. The normalized spacial score (nSPS) is 18.9. The van der Waals surface area contributed by atoms with Gasteiger partial charge in [-0.15, -0.1) is 0 Å². The third kappa shape index (κ3) is 2.72. The highest BCUT2D eigenvalue weighted by Crippen LogP contribution is 2.30. The van der Waals surface area contributed by atoms with Gasteiger partial charge in [-0.2, -0.15) is 0 Å². The van der Waals surface area contributed by atoms with Gasteiger partial charge in [-0.3, -0.25) is 4.90 Å². The summed E-state index contributed by atoms with van der Waals surface area (Å²) in [5, 5.41) is 9.35. The van der Waals surface area contributed by atoms with Gasteiger partial charge in [0.25, 0.3) is 0 Å². The number of fused-ring (bicyclic) bond motifs is 1. The quantitative estimate of drug-likeness (QED) is 0.813. The molecule has 0 fully saturated rings. The minimum atomic E-state index is -1.06. The van der Waals surface area contributed by atoms with E-state index in [2.05, 4.69) is 4.98 Å². The van der Waals surface area contributed by atoms with Crippen molar-refractivity contribution in [1.29, 1.82) is 0 Å². The van der Waals surface area contributed by atoms with Crippen molar-refractivity contribution in [3.8, 4) is 0 Å². The van der Waals surface area contributed by atoms with E-state index in [1.165, 1.54) is 4.90 Å². The summed E-state index contributed by atoms with van der Waals surface area (Å²) < 4.78 is 5.26. The van der Waals surface area contributed by atoms with Crippen LogP contribution in [0.4, 0.5) is 4.79 Å². The number of carbonyl (C=O) groups is 2. The zero-order valence-electron chi connectivity index (χ0n) is 11.3. The van der Waals surface area contributed by atoms with E-state index >= 15 is 0 Å². The standard InChI is InChI=1S/C13H18N2O4/c1-13(2,3)19-12(18)15-7-5-8-4-6-14-9(8)10(15)11(16)17/h4,6,10,14H,5,7H2,1-3H3,(H,16,17). The number of carboxylic acids is 1. The van der Waals surface area contributed by atoms with Crippen LogP contribution in [0.15, 0.2) is 12.3 Å². The Bertz CT molecular complexity index is 501. The second kappa shape index (κ2) is 4.60. The molecule has 0 saturated carbocycles. The molecule has 0 aliphatic carbocycles. The van der Waals surface area contributed by atoms with E-state index in [0.717, 1.165) is 5.56 Å². The lowest BCUT2D eigenvalue weighted by molar-refractivity contribution is -0.144. The Labute approximate surface area is 111 Å². The topological polar surface area (TPSA) is 82.6 Å². The number of hydrogen-bond donors (Lipinski definition) is 2. The lowest BCUT2D eigenvalue weighted by atomic mass is 10.0. The van der Waals surface area contributed by atoms with Crippen molar-refractivity contribution in [2.24, 2.45) is 0 Å². The lowest BCUT2D eigenvalue weighted by Crippen LogP contribution is -2.45. The maximum absolute atomic E-state index is 12.1. The number of nitrogens with one attached hydrogen (secondary N) is 1. The molecular weight excluding hydrogens is 248 g/mol. The zero-order chi connectivity index (χ0) is 14.2. The number of carboxylic acid groups (broad SMARTS) is 1. The summed E-state index contributed by atoms with van der Waals surface area (Å²) in [5.74, 6) is -1.06. The molecule has 0 spiro atoms. The number of amides is 1. The summed E-state index contributed by atoms with van der Waals surface area (Å²) in [6.45, 7) is 5.61. The molecule has 2 heterocycles. The summed E-state index contributed by atoms with van der Waals surface area (Å²) in [6.07, 6.45) is 1.72. The van der Waals surface area contributed by atoms with Crippen LogP contribution in [0.25, 0.3) is 0 Å². The summed E-state index contributed by atoms with van der Waals surface area (Å²) in [5.41, 5.74) is 0.854. The maximum atomic E-state index is 12.1.